The number of thioether (sulfide) groups is 1. The van der Waals surface area contributed by atoms with Gasteiger partial charge in [0.2, 0.25) is 0 Å². The standard InChI is InChI=1S/C16H14ClN3OS/c1-21-14-4-2-3-13(9-14)18-16-20-19-15(10-22-16)11-5-7-12(17)8-6-11/h2-9H,10H2,1H3,(H,18,20). The van der Waals surface area contributed by atoms with Gasteiger partial charge in [-0.2, -0.15) is 5.10 Å². The Labute approximate surface area is 138 Å². The molecule has 0 aliphatic carbocycles. The monoisotopic (exact) mass is 331 g/mol. The second-order valence-electron chi connectivity index (χ2n) is 4.58. The lowest BCUT2D eigenvalue weighted by Crippen LogP contribution is -2.25. The van der Waals surface area contributed by atoms with E-state index >= 15 is 0 Å². The SMILES string of the molecule is COc1cccc(N=C2NN=C(c3ccc(Cl)cc3)CS2)c1. The molecule has 2 aromatic rings. The molecule has 0 bridgehead atoms. The summed E-state index contributed by atoms with van der Waals surface area (Å²) in [7, 11) is 1.64. The number of aliphatic imine (C=N–C) groups is 1. The molecule has 112 valence electrons. The number of ether oxygens (including phenoxy) is 1. The van der Waals surface area contributed by atoms with Crippen LogP contribution in [0.2, 0.25) is 5.02 Å². The quantitative estimate of drug-likeness (QED) is 0.922. The van der Waals surface area contributed by atoms with Crippen LogP contribution in [0.15, 0.2) is 58.6 Å². The Morgan fingerprint density at radius 2 is 2.05 bits per heavy atom. The van der Waals surface area contributed by atoms with Crippen molar-refractivity contribution in [2.75, 3.05) is 12.9 Å². The minimum atomic E-state index is 0.723. The third-order valence-corrected chi connectivity index (χ3v) is 4.22. The minimum absolute atomic E-state index is 0.723. The third-order valence-electron chi connectivity index (χ3n) is 3.09. The first kappa shape index (κ1) is 14.9. The van der Waals surface area contributed by atoms with E-state index in [-0.39, 0.29) is 0 Å². The molecule has 0 unspecified atom stereocenters. The maximum atomic E-state index is 5.90. The number of hydrazone groups is 1. The number of hydrogen-bond acceptors (Lipinski definition) is 4. The Morgan fingerprint density at radius 3 is 2.73 bits per heavy atom. The molecule has 0 saturated carbocycles. The van der Waals surface area contributed by atoms with Crippen LogP contribution < -0.4 is 10.2 Å². The van der Waals surface area contributed by atoms with E-state index in [0.717, 1.165) is 38.7 Å². The first-order chi connectivity index (χ1) is 10.7. The fraction of sp³-hybridized carbons (Fsp3) is 0.125. The number of rotatable bonds is 3. The van der Waals surface area contributed by atoms with E-state index in [1.54, 1.807) is 18.9 Å². The van der Waals surface area contributed by atoms with E-state index < -0.39 is 0 Å². The maximum absolute atomic E-state index is 5.90. The number of benzene rings is 2. The first-order valence-electron chi connectivity index (χ1n) is 6.68. The van der Waals surface area contributed by atoms with Gasteiger partial charge in [-0.15, -0.1) is 0 Å². The Balaban J connectivity index is 1.74. The molecule has 0 fully saturated rings. The predicted molar refractivity (Wildman–Crippen MR) is 93.7 cm³/mol. The van der Waals surface area contributed by atoms with Gasteiger partial charge in [0.15, 0.2) is 5.17 Å². The number of nitrogens with one attached hydrogen (secondary N) is 1. The molecule has 0 atom stereocenters. The summed E-state index contributed by atoms with van der Waals surface area (Å²) >= 11 is 7.51. The average Bonchev–Trinajstić information content (AvgIpc) is 2.57. The highest BCUT2D eigenvalue weighted by molar-refractivity contribution is 8.14. The van der Waals surface area contributed by atoms with Crippen LogP contribution in [0, 0.1) is 0 Å². The maximum Gasteiger partial charge on any atom is 0.182 e. The molecule has 1 heterocycles. The van der Waals surface area contributed by atoms with Crippen molar-refractivity contribution in [2.24, 2.45) is 10.1 Å². The van der Waals surface area contributed by atoms with Gasteiger partial charge in [0.1, 0.15) is 5.75 Å². The molecule has 0 aromatic heterocycles. The Hall–Kier alpha value is -1.98. The van der Waals surface area contributed by atoms with Crippen molar-refractivity contribution in [3.63, 3.8) is 0 Å². The third kappa shape index (κ3) is 3.61. The highest BCUT2D eigenvalue weighted by Gasteiger charge is 2.13. The lowest BCUT2D eigenvalue weighted by Gasteiger charge is -2.15. The van der Waals surface area contributed by atoms with Crippen LogP contribution >= 0.6 is 23.4 Å². The Bertz CT molecular complexity index is 728. The zero-order valence-corrected chi connectivity index (χ0v) is 13.5. The van der Waals surface area contributed by atoms with Crippen LogP contribution in [0.25, 0.3) is 0 Å². The fourth-order valence-corrected chi connectivity index (χ4v) is 2.87. The highest BCUT2D eigenvalue weighted by Crippen LogP contribution is 2.22. The van der Waals surface area contributed by atoms with Crippen LogP contribution in [0.1, 0.15) is 5.56 Å². The van der Waals surface area contributed by atoms with Crippen LogP contribution in [0.4, 0.5) is 5.69 Å². The largest absolute Gasteiger partial charge is 0.497 e. The molecule has 0 saturated heterocycles. The molecular weight excluding hydrogens is 318 g/mol. The van der Waals surface area contributed by atoms with Crippen molar-refractivity contribution in [2.45, 2.75) is 0 Å². The Kier molecular flexibility index (Phi) is 4.65. The van der Waals surface area contributed by atoms with Crippen LogP contribution in [0.5, 0.6) is 5.75 Å². The molecule has 6 heteroatoms. The zero-order chi connectivity index (χ0) is 15.4. The van der Waals surface area contributed by atoms with Crippen molar-refractivity contribution in [3.8, 4) is 5.75 Å². The van der Waals surface area contributed by atoms with Gasteiger partial charge in [-0.1, -0.05) is 41.6 Å². The van der Waals surface area contributed by atoms with E-state index in [9.17, 15) is 0 Å². The smallest absolute Gasteiger partial charge is 0.182 e. The molecule has 4 nitrogen and oxygen atoms in total. The molecule has 1 N–H and O–H groups in total. The summed E-state index contributed by atoms with van der Waals surface area (Å²) in [6, 6.07) is 15.3. The normalized spacial score (nSPS) is 16.1. The lowest BCUT2D eigenvalue weighted by atomic mass is 10.1. The summed E-state index contributed by atoms with van der Waals surface area (Å²) < 4.78 is 5.19. The van der Waals surface area contributed by atoms with E-state index in [1.165, 1.54) is 0 Å². The van der Waals surface area contributed by atoms with E-state index in [4.69, 9.17) is 16.3 Å². The van der Waals surface area contributed by atoms with Gasteiger partial charge in [0, 0.05) is 16.8 Å². The molecule has 3 rings (SSSR count). The van der Waals surface area contributed by atoms with Crippen LogP contribution in [-0.2, 0) is 0 Å². The van der Waals surface area contributed by atoms with Crippen molar-refractivity contribution < 1.29 is 4.74 Å². The van der Waals surface area contributed by atoms with Crippen molar-refractivity contribution in [1.29, 1.82) is 0 Å². The van der Waals surface area contributed by atoms with Gasteiger partial charge in [0.05, 0.1) is 18.5 Å². The second-order valence-corrected chi connectivity index (χ2v) is 5.98. The van der Waals surface area contributed by atoms with Gasteiger partial charge in [-0.05, 0) is 29.8 Å². The fourth-order valence-electron chi connectivity index (χ4n) is 1.96. The minimum Gasteiger partial charge on any atom is -0.497 e. The van der Waals surface area contributed by atoms with Gasteiger partial charge in [-0.3, -0.25) is 5.43 Å². The highest BCUT2D eigenvalue weighted by atomic mass is 35.5. The summed E-state index contributed by atoms with van der Waals surface area (Å²) in [6.07, 6.45) is 0. The van der Waals surface area contributed by atoms with Crippen molar-refractivity contribution in [3.05, 3.63) is 59.1 Å². The molecule has 2 aromatic carbocycles. The van der Waals surface area contributed by atoms with Gasteiger partial charge in [0.25, 0.3) is 0 Å². The second kappa shape index (κ2) is 6.85. The van der Waals surface area contributed by atoms with Gasteiger partial charge < -0.3 is 4.74 Å². The van der Waals surface area contributed by atoms with E-state index in [1.807, 2.05) is 48.5 Å². The molecule has 1 aliphatic heterocycles. The van der Waals surface area contributed by atoms with Crippen LogP contribution in [0.3, 0.4) is 0 Å². The first-order valence-corrected chi connectivity index (χ1v) is 8.05. The summed E-state index contributed by atoms with van der Waals surface area (Å²) in [4.78, 5) is 4.53. The number of methoxy groups -OCH3 is 1. The topological polar surface area (TPSA) is 46.0 Å². The number of amidine groups is 1. The number of halogens is 1. The lowest BCUT2D eigenvalue weighted by molar-refractivity contribution is 0.415. The predicted octanol–water partition coefficient (Wildman–Crippen LogP) is 4.08. The molecule has 0 spiro atoms. The molecule has 22 heavy (non-hydrogen) atoms. The summed E-state index contributed by atoms with van der Waals surface area (Å²) in [5, 5.41) is 5.88. The van der Waals surface area contributed by atoms with Gasteiger partial charge in [-0.25, -0.2) is 4.99 Å². The average molecular weight is 332 g/mol. The summed E-state index contributed by atoms with van der Waals surface area (Å²) in [6.45, 7) is 0. The summed E-state index contributed by atoms with van der Waals surface area (Å²) in [5.41, 5.74) is 5.87. The number of hydrogen-bond donors (Lipinski definition) is 1. The van der Waals surface area contributed by atoms with Crippen molar-refractivity contribution >= 4 is 39.9 Å². The van der Waals surface area contributed by atoms with E-state index in [0.29, 0.717) is 0 Å². The van der Waals surface area contributed by atoms with Crippen molar-refractivity contribution in [1.82, 2.24) is 5.43 Å². The molecule has 0 radical (unpaired) electrons. The summed E-state index contributed by atoms with van der Waals surface area (Å²) in [5.74, 6) is 1.55. The molecule has 0 amide bonds. The molecular formula is C16H14ClN3OS. The number of nitrogens with zero attached hydrogens (tertiary/aromatic N) is 2. The Morgan fingerprint density at radius 1 is 1.23 bits per heavy atom. The zero-order valence-electron chi connectivity index (χ0n) is 11.9. The van der Waals surface area contributed by atoms with E-state index in [2.05, 4.69) is 15.5 Å². The van der Waals surface area contributed by atoms with Gasteiger partial charge >= 0.3 is 0 Å². The van der Waals surface area contributed by atoms with Crippen LogP contribution in [-0.4, -0.2) is 23.7 Å². The molecule has 1 aliphatic rings.